The number of hydrogen-bond acceptors (Lipinski definition) is 5. The number of benzene rings is 2. The van der Waals surface area contributed by atoms with Gasteiger partial charge < -0.3 is 10.2 Å². The number of hydrogen-bond donors (Lipinski definition) is 2. The van der Waals surface area contributed by atoms with Crippen LogP contribution in [0.3, 0.4) is 0 Å². The van der Waals surface area contributed by atoms with Gasteiger partial charge in [-0.05, 0) is 104 Å². The van der Waals surface area contributed by atoms with Gasteiger partial charge in [0.05, 0.1) is 11.2 Å². The molecule has 1 atom stereocenters. The molecule has 1 unspecified atom stereocenters. The van der Waals surface area contributed by atoms with Crippen LogP contribution in [0.1, 0.15) is 55.7 Å². The molecular formula is C30H35N5OS. The van der Waals surface area contributed by atoms with Crippen LogP contribution in [-0.4, -0.2) is 47.2 Å². The zero-order valence-electron chi connectivity index (χ0n) is 21.5. The van der Waals surface area contributed by atoms with E-state index in [1.54, 1.807) is 11.3 Å². The predicted octanol–water partition coefficient (Wildman–Crippen LogP) is 6.76. The molecule has 7 heteroatoms. The molecule has 0 aliphatic carbocycles. The molecule has 2 N–H and O–H groups in total. The maximum atomic E-state index is 13.5. The van der Waals surface area contributed by atoms with Gasteiger partial charge in [0.1, 0.15) is 6.04 Å². The summed E-state index contributed by atoms with van der Waals surface area (Å²) in [6.07, 6.45) is 7.49. The Hall–Kier alpha value is -3.16. The van der Waals surface area contributed by atoms with Gasteiger partial charge in [0.15, 0.2) is 0 Å². The van der Waals surface area contributed by atoms with Gasteiger partial charge in [-0.3, -0.25) is 14.8 Å². The monoisotopic (exact) mass is 513 g/mol. The van der Waals surface area contributed by atoms with E-state index in [4.69, 9.17) is 0 Å². The summed E-state index contributed by atoms with van der Waals surface area (Å²) < 4.78 is 0. The maximum Gasteiger partial charge on any atom is 0.246 e. The first kappa shape index (κ1) is 24.2. The lowest BCUT2D eigenvalue weighted by Gasteiger charge is -2.26. The van der Waals surface area contributed by atoms with E-state index in [-0.39, 0.29) is 11.9 Å². The highest BCUT2D eigenvalue weighted by molar-refractivity contribution is 7.08. The van der Waals surface area contributed by atoms with Crippen molar-refractivity contribution < 1.29 is 4.79 Å². The summed E-state index contributed by atoms with van der Waals surface area (Å²) in [5, 5.41) is 16.2. The molecule has 0 spiro atoms. The number of thiophene rings is 1. The van der Waals surface area contributed by atoms with E-state index < -0.39 is 0 Å². The quantitative estimate of drug-likeness (QED) is 0.299. The topological polar surface area (TPSA) is 64.3 Å². The molecule has 2 aliphatic rings. The largest absolute Gasteiger partial charge is 0.371 e. The average molecular weight is 514 g/mol. The fourth-order valence-electron chi connectivity index (χ4n) is 5.95. The molecule has 0 bridgehead atoms. The van der Waals surface area contributed by atoms with E-state index >= 15 is 0 Å². The molecule has 2 fully saturated rings. The average Bonchev–Trinajstić information content (AvgIpc) is 3.65. The smallest absolute Gasteiger partial charge is 0.246 e. The van der Waals surface area contributed by atoms with E-state index in [1.165, 1.54) is 36.9 Å². The van der Waals surface area contributed by atoms with Gasteiger partial charge >= 0.3 is 0 Å². The van der Waals surface area contributed by atoms with Crippen LogP contribution in [0.15, 0.2) is 53.2 Å². The summed E-state index contributed by atoms with van der Waals surface area (Å²) >= 11 is 1.64. The summed E-state index contributed by atoms with van der Waals surface area (Å²) in [6, 6.07) is 14.5. The van der Waals surface area contributed by atoms with Crippen LogP contribution in [0.4, 0.5) is 11.4 Å². The van der Waals surface area contributed by atoms with Crippen molar-refractivity contribution >= 4 is 39.5 Å². The fraction of sp³-hybridized carbons (Fsp3) is 0.400. The van der Waals surface area contributed by atoms with E-state index in [0.717, 1.165) is 72.4 Å². The van der Waals surface area contributed by atoms with Crippen molar-refractivity contribution in [3.63, 3.8) is 0 Å². The van der Waals surface area contributed by atoms with E-state index in [1.807, 2.05) is 12.1 Å². The highest BCUT2D eigenvalue weighted by Crippen LogP contribution is 2.33. The van der Waals surface area contributed by atoms with Gasteiger partial charge in [0, 0.05) is 35.4 Å². The molecule has 6 rings (SSSR count). The molecule has 0 saturated carbocycles. The van der Waals surface area contributed by atoms with E-state index in [0.29, 0.717) is 0 Å². The van der Waals surface area contributed by atoms with Crippen LogP contribution < -0.4 is 10.2 Å². The molecule has 37 heavy (non-hydrogen) atoms. The normalized spacial score (nSPS) is 17.7. The summed E-state index contributed by atoms with van der Waals surface area (Å²) in [4.78, 5) is 18.3. The van der Waals surface area contributed by atoms with Crippen LogP contribution in [0.2, 0.25) is 0 Å². The Balaban J connectivity index is 1.26. The number of carbonyl (C=O) groups excluding carboxylic acids is 1. The summed E-state index contributed by atoms with van der Waals surface area (Å²) in [7, 11) is 0. The third kappa shape index (κ3) is 5.03. The fourth-order valence-corrected chi connectivity index (χ4v) is 6.63. The summed E-state index contributed by atoms with van der Waals surface area (Å²) in [5.41, 5.74) is 7.48. The number of anilines is 2. The van der Waals surface area contributed by atoms with Crippen molar-refractivity contribution in [3.05, 3.63) is 64.4 Å². The number of aromatic amines is 1. The molecule has 2 aromatic carbocycles. The molecule has 192 valence electrons. The summed E-state index contributed by atoms with van der Waals surface area (Å²) in [6.45, 7) is 6.40. The lowest BCUT2D eigenvalue weighted by molar-refractivity contribution is -0.121. The van der Waals surface area contributed by atoms with Crippen LogP contribution in [0.5, 0.6) is 0 Å². The Morgan fingerprint density at radius 1 is 0.973 bits per heavy atom. The van der Waals surface area contributed by atoms with Crippen molar-refractivity contribution in [1.29, 1.82) is 0 Å². The van der Waals surface area contributed by atoms with Crippen molar-refractivity contribution in [3.8, 4) is 11.3 Å². The summed E-state index contributed by atoms with van der Waals surface area (Å²) in [5.74, 6) is 0.0299. The van der Waals surface area contributed by atoms with Gasteiger partial charge in [0.25, 0.3) is 0 Å². The van der Waals surface area contributed by atoms with Gasteiger partial charge in [0.2, 0.25) is 5.91 Å². The van der Waals surface area contributed by atoms with Gasteiger partial charge in [-0.1, -0.05) is 18.9 Å². The first-order valence-corrected chi connectivity index (χ1v) is 14.5. The number of nitrogens with zero attached hydrogens (tertiary/aromatic N) is 3. The Labute approximate surface area is 222 Å². The first-order chi connectivity index (χ1) is 18.2. The third-order valence-electron chi connectivity index (χ3n) is 7.86. The minimum Gasteiger partial charge on any atom is -0.371 e. The number of amides is 1. The molecule has 2 aromatic heterocycles. The number of aryl methyl sites for hydroxylation is 1. The molecule has 0 radical (unpaired) electrons. The van der Waals surface area contributed by atoms with Crippen molar-refractivity contribution in [2.45, 2.75) is 51.5 Å². The highest BCUT2D eigenvalue weighted by atomic mass is 32.1. The minimum atomic E-state index is -0.248. The SMILES string of the molecule is Cc1cc(-c2n[nH]c3ccc(NC(=O)C(c4ccsc4)N4CCCC4)cc23)ccc1N1CCCCCC1. The zero-order valence-corrected chi connectivity index (χ0v) is 22.3. The molecule has 6 nitrogen and oxygen atoms in total. The Kier molecular flexibility index (Phi) is 6.98. The molecular weight excluding hydrogens is 478 g/mol. The molecule has 1 amide bonds. The van der Waals surface area contributed by atoms with Crippen molar-refractivity contribution in [2.75, 3.05) is 36.4 Å². The number of carbonyl (C=O) groups is 1. The maximum absolute atomic E-state index is 13.5. The number of nitrogens with one attached hydrogen (secondary N) is 2. The third-order valence-corrected chi connectivity index (χ3v) is 8.56. The second-order valence-corrected chi connectivity index (χ2v) is 11.2. The highest BCUT2D eigenvalue weighted by Gasteiger charge is 2.30. The number of H-pyrrole nitrogens is 1. The van der Waals surface area contributed by atoms with Crippen molar-refractivity contribution in [1.82, 2.24) is 15.1 Å². The second kappa shape index (κ2) is 10.7. The van der Waals surface area contributed by atoms with Gasteiger partial charge in [-0.25, -0.2) is 0 Å². The molecule has 2 aliphatic heterocycles. The number of rotatable bonds is 6. The second-order valence-electron chi connectivity index (χ2n) is 10.4. The molecule has 4 heterocycles. The molecule has 4 aromatic rings. The van der Waals surface area contributed by atoms with Crippen LogP contribution in [0, 0.1) is 6.92 Å². The zero-order chi connectivity index (χ0) is 25.2. The number of fused-ring (bicyclic) bond motifs is 1. The minimum absolute atomic E-state index is 0.0299. The molecule has 2 saturated heterocycles. The van der Waals surface area contributed by atoms with Crippen LogP contribution in [-0.2, 0) is 4.79 Å². The van der Waals surface area contributed by atoms with Gasteiger partial charge in [-0.2, -0.15) is 16.4 Å². The number of likely N-dealkylation sites (tertiary alicyclic amines) is 1. The van der Waals surface area contributed by atoms with Crippen molar-refractivity contribution in [2.24, 2.45) is 0 Å². The Bertz CT molecular complexity index is 1360. The lowest BCUT2D eigenvalue weighted by atomic mass is 10.0. The Morgan fingerprint density at radius 3 is 2.49 bits per heavy atom. The predicted molar refractivity (Wildman–Crippen MR) is 153 cm³/mol. The number of aromatic nitrogens is 2. The van der Waals surface area contributed by atoms with E-state index in [2.05, 4.69) is 73.3 Å². The van der Waals surface area contributed by atoms with Crippen LogP contribution >= 0.6 is 11.3 Å². The first-order valence-electron chi connectivity index (χ1n) is 13.6. The van der Waals surface area contributed by atoms with E-state index in [9.17, 15) is 4.79 Å². The lowest BCUT2D eigenvalue weighted by Crippen LogP contribution is -2.35. The van der Waals surface area contributed by atoms with Crippen LogP contribution in [0.25, 0.3) is 22.2 Å². The Morgan fingerprint density at radius 2 is 1.76 bits per heavy atom. The van der Waals surface area contributed by atoms with Gasteiger partial charge in [-0.15, -0.1) is 0 Å². The standard InChI is InChI=1S/C30H35N5OS/c1-21-18-22(8-11-27(21)34-13-4-2-3-5-14-34)28-25-19-24(9-10-26(25)32-33-28)31-30(36)29(23-12-17-37-20-23)35-15-6-7-16-35/h8-12,17-20,29H,2-7,13-16H2,1H3,(H,31,36)(H,32,33).